The molecule has 1 aliphatic heterocycles. The van der Waals surface area contributed by atoms with Gasteiger partial charge < -0.3 is 5.11 Å². The van der Waals surface area contributed by atoms with Crippen LogP contribution in [0.25, 0.3) is 0 Å². The summed E-state index contributed by atoms with van der Waals surface area (Å²) in [6, 6.07) is 2.28. The zero-order valence-corrected chi connectivity index (χ0v) is 10.6. The third kappa shape index (κ3) is 3.30. The lowest BCUT2D eigenvalue weighted by Crippen LogP contribution is -2.30. The molecule has 0 saturated heterocycles. The van der Waals surface area contributed by atoms with Crippen LogP contribution in [-0.2, 0) is 13.0 Å². The van der Waals surface area contributed by atoms with E-state index >= 15 is 0 Å². The molecule has 16 heavy (non-hydrogen) atoms. The van der Waals surface area contributed by atoms with Crippen molar-refractivity contribution in [1.29, 1.82) is 0 Å². The van der Waals surface area contributed by atoms with Gasteiger partial charge in [0.05, 0.1) is 0 Å². The van der Waals surface area contributed by atoms with E-state index in [0.29, 0.717) is 6.61 Å². The summed E-state index contributed by atoms with van der Waals surface area (Å²) in [6.07, 6.45) is 5.92. The molecule has 0 fully saturated rings. The van der Waals surface area contributed by atoms with Crippen molar-refractivity contribution in [2.75, 3.05) is 19.7 Å². The quantitative estimate of drug-likeness (QED) is 0.772. The molecule has 0 spiro atoms. The molecule has 0 atom stereocenters. The number of aliphatic hydroxyl groups excluding tert-OH is 1. The Kier molecular flexibility index (Phi) is 4.82. The standard InChI is InChI=1S/C13H21NOS/c15-9-4-2-1-3-7-14-8-5-13-12(11-14)6-10-16-13/h6,10,15H,1-5,7-9,11H2. The monoisotopic (exact) mass is 239 g/mol. The average molecular weight is 239 g/mol. The van der Waals surface area contributed by atoms with Crippen molar-refractivity contribution in [1.82, 2.24) is 4.90 Å². The first-order chi connectivity index (χ1) is 7.90. The molecular weight excluding hydrogens is 218 g/mol. The third-order valence-corrected chi connectivity index (χ3v) is 4.29. The lowest BCUT2D eigenvalue weighted by atomic mass is 10.1. The molecule has 0 aliphatic carbocycles. The Morgan fingerprint density at radius 1 is 1.25 bits per heavy atom. The number of unbranched alkanes of at least 4 members (excludes halogenated alkanes) is 3. The fourth-order valence-electron chi connectivity index (χ4n) is 2.30. The maximum atomic E-state index is 8.69. The van der Waals surface area contributed by atoms with E-state index in [1.807, 2.05) is 11.3 Å². The molecule has 1 aliphatic rings. The van der Waals surface area contributed by atoms with Gasteiger partial charge in [0.25, 0.3) is 0 Å². The number of fused-ring (bicyclic) bond motifs is 1. The topological polar surface area (TPSA) is 23.5 Å². The lowest BCUT2D eigenvalue weighted by molar-refractivity contribution is 0.245. The molecule has 1 aromatic heterocycles. The van der Waals surface area contributed by atoms with Crippen LogP contribution in [0.3, 0.4) is 0 Å². The molecule has 2 nitrogen and oxygen atoms in total. The highest BCUT2D eigenvalue weighted by molar-refractivity contribution is 7.10. The molecule has 0 saturated carbocycles. The maximum absolute atomic E-state index is 8.69. The summed E-state index contributed by atoms with van der Waals surface area (Å²) in [5.74, 6) is 0. The van der Waals surface area contributed by atoms with Crippen molar-refractivity contribution < 1.29 is 5.11 Å². The van der Waals surface area contributed by atoms with Crippen LogP contribution in [0, 0.1) is 0 Å². The summed E-state index contributed by atoms with van der Waals surface area (Å²) >= 11 is 1.91. The van der Waals surface area contributed by atoms with Gasteiger partial charge in [-0.05, 0) is 42.8 Å². The van der Waals surface area contributed by atoms with Crippen molar-refractivity contribution >= 4 is 11.3 Å². The molecule has 0 radical (unpaired) electrons. The van der Waals surface area contributed by atoms with Crippen LogP contribution in [0.4, 0.5) is 0 Å². The Labute approximate surface area is 102 Å². The number of hydrogen-bond acceptors (Lipinski definition) is 3. The van der Waals surface area contributed by atoms with Crippen molar-refractivity contribution in [2.45, 2.75) is 38.6 Å². The second kappa shape index (κ2) is 6.38. The first-order valence-corrected chi connectivity index (χ1v) is 7.16. The highest BCUT2D eigenvalue weighted by atomic mass is 32.1. The summed E-state index contributed by atoms with van der Waals surface area (Å²) in [5, 5.41) is 10.9. The van der Waals surface area contributed by atoms with Crippen molar-refractivity contribution in [3.8, 4) is 0 Å². The van der Waals surface area contributed by atoms with Gasteiger partial charge in [-0.15, -0.1) is 11.3 Å². The normalized spacial score (nSPS) is 16.3. The van der Waals surface area contributed by atoms with Gasteiger partial charge in [0.2, 0.25) is 0 Å². The van der Waals surface area contributed by atoms with Gasteiger partial charge in [-0.3, -0.25) is 4.90 Å². The molecule has 1 aromatic rings. The predicted octanol–water partition coefficient (Wildman–Crippen LogP) is 2.66. The highest BCUT2D eigenvalue weighted by Gasteiger charge is 2.16. The van der Waals surface area contributed by atoms with Crippen LogP contribution in [0.15, 0.2) is 11.4 Å². The van der Waals surface area contributed by atoms with E-state index < -0.39 is 0 Å². The van der Waals surface area contributed by atoms with Crippen LogP contribution in [-0.4, -0.2) is 29.7 Å². The van der Waals surface area contributed by atoms with E-state index in [1.54, 1.807) is 10.4 Å². The van der Waals surface area contributed by atoms with Crippen LogP contribution < -0.4 is 0 Å². The summed E-state index contributed by atoms with van der Waals surface area (Å²) in [7, 11) is 0. The van der Waals surface area contributed by atoms with Gasteiger partial charge in [-0.1, -0.05) is 12.8 Å². The Morgan fingerprint density at radius 2 is 2.12 bits per heavy atom. The van der Waals surface area contributed by atoms with E-state index in [2.05, 4.69) is 16.3 Å². The molecule has 0 amide bonds. The summed E-state index contributed by atoms with van der Waals surface area (Å²) in [4.78, 5) is 4.16. The van der Waals surface area contributed by atoms with Crippen molar-refractivity contribution in [2.24, 2.45) is 0 Å². The first kappa shape index (κ1) is 12.1. The summed E-state index contributed by atoms with van der Waals surface area (Å²) < 4.78 is 0. The predicted molar refractivity (Wildman–Crippen MR) is 68.9 cm³/mol. The Hall–Kier alpha value is -0.380. The minimum absolute atomic E-state index is 0.349. The number of thiophene rings is 1. The van der Waals surface area contributed by atoms with Crippen molar-refractivity contribution in [3.63, 3.8) is 0 Å². The van der Waals surface area contributed by atoms with Crippen molar-refractivity contribution in [3.05, 3.63) is 21.9 Å². The Morgan fingerprint density at radius 3 is 3.00 bits per heavy atom. The number of aliphatic hydroxyl groups is 1. The van der Waals surface area contributed by atoms with E-state index in [0.717, 1.165) is 13.0 Å². The number of rotatable bonds is 6. The van der Waals surface area contributed by atoms with Gasteiger partial charge in [-0.2, -0.15) is 0 Å². The Bertz CT molecular complexity index is 311. The molecule has 0 aromatic carbocycles. The molecule has 1 N–H and O–H groups in total. The van der Waals surface area contributed by atoms with E-state index in [4.69, 9.17) is 5.11 Å². The molecule has 90 valence electrons. The second-order valence-electron chi connectivity index (χ2n) is 4.53. The van der Waals surface area contributed by atoms with Gasteiger partial charge in [0.15, 0.2) is 0 Å². The van der Waals surface area contributed by atoms with Crippen LogP contribution >= 0.6 is 11.3 Å². The van der Waals surface area contributed by atoms with E-state index in [9.17, 15) is 0 Å². The molecule has 3 heteroatoms. The highest BCUT2D eigenvalue weighted by Crippen LogP contribution is 2.24. The minimum atomic E-state index is 0.349. The maximum Gasteiger partial charge on any atom is 0.0431 e. The lowest BCUT2D eigenvalue weighted by Gasteiger charge is -2.26. The van der Waals surface area contributed by atoms with Gasteiger partial charge in [0, 0.05) is 24.6 Å². The second-order valence-corrected chi connectivity index (χ2v) is 5.53. The largest absolute Gasteiger partial charge is 0.396 e. The number of hydrogen-bond donors (Lipinski definition) is 1. The average Bonchev–Trinajstić information content (AvgIpc) is 2.76. The molecule has 0 bridgehead atoms. The SMILES string of the molecule is OCCCCCCN1CCc2sccc2C1. The van der Waals surface area contributed by atoms with E-state index in [1.165, 1.54) is 38.8 Å². The van der Waals surface area contributed by atoms with Crippen LogP contribution in [0.5, 0.6) is 0 Å². The van der Waals surface area contributed by atoms with Gasteiger partial charge in [-0.25, -0.2) is 0 Å². The molecule has 0 unspecified atom stereocenters. The minimum Gasteiger partial charge on any atom is -0.396 e. The zero-order valence-electron chi connectivity index (χ0n) is 9.82. The Balaban J connectivity index is 1.65. The zero-order chi connectivity index (χ0) is 11.2. The number of nitrogens with zero attached hydrogens (tertiary/aromatic N) is 1. The third-order valence-electron chi connectivity index (χ3n) is 3.27. The first-order valence-electron chi connectivity index (χ1n) is 6.28. The molecule has 2 rings (SSSR count). The molecular formula is C13H21NOS. The van der Waals surface area contributed by atoms with Gasteiger partial charge >= 0.3 is 0 Å². The smallest absolute Gasteiger partial charge is 0.0431 e. The summed E-state index contributed by atoms with van der Waals surface area (Å²) in [5.41, 5.74) is 1.55. The fourth-order valence-corrected chi connectivity index (χ4v) is 3.19. The van der Waals surface area contributed by atoms with Crippen LogP contribution in [0.2, 0.25) is 0 Å². The fraction of sp³-hybridized carbons (Fsp3) is 0.692. The molecule has 2 heterocycles. The van der Waals surface area contributed by atoms with E-state index in [-0.39, 0.29) is 0 Å². The van der Waals surface area contributed by atoms with Gasteiger partial charge in [0.1, 0.15) is 0 Å². The summed E-state index contributed by atoms with van der Waals surface area (Å²) in [6.45, 7) is 3.95. The van der Waals surface area contributed by atoms with Crippen LogP contribution in [0.1, 0.15) is 36.1 Å².